The fourth-order valence-corrected chi connectivity index (χ4v) is 4.68. The largest absolute Gasteiger partial charge is 0.495 e. The summed E-state index contributed by atoms with van der Waals surface area (Å²) in [5.41, 5.74) is 1.61. The van der Waals surface area contributed by atoms with Crippen LogP contribution in [0.15, 0.2) is 83.8 Å². The lowest BCUT2D eigenvalue weighted by atomic mass is 10.0. The Balaban J connectivity index is 1.67. The minimum Gasteiger partial charge on any atom is -0.495 e. The van der Waals surface area contributed by atoms with Crippen molar-refractivity contribution in [3.63, 3.8) is 0 Å². The smallest absolute Gasteiger partial charge is 0.387 e. The Morgan fingerprint density at radius 2 is 1.80 bits per heavy atom. The Kier molecular flexibility index (Phi) is 7.47. The first-order chi connectivity index (χ1) is 19.2. The maximum atomic E-state index is 13.6. The van der Waals surface area contributed by atoms with Crippen molar-refractivity contribution in [1.29, 1.82) is 0 Å². The molecular weight excluding hydrogens is 546 g/mol. The number of rotatable bonds is 9. The van der Waals surface area contributed by atoms with E-state index in [1.807, 2.05) is 30.3 Å². The molecule has 0 fully saturated rings. The second kappa shape index (κ2) is 11.1. The first-order valence-corrected chi connectivity index (χ1v) is 12.3. The number of non-ortho nitro benzene ring substituents is 1. The Morgan fingerprint density at radius 3 is 2.50 bits per heavy atom. The summed E-state index contributed by atoms with van der Waals surface area (Å²) >= 11 is 6.14. The number of H-pyrrole nitrogens is 1. The second-order valence-corrected chi connectivity index (χ2v) is 9.24. The van der Waals surface area contributed by atoms with Gasteiger partial charge >= 0.3 is 6.61 Å². The highest BCUT2D eigenvalue weighted by molar-refractivity contribution is 6.31. The standard InChI is InChI=1S/C28H21ClF2N4O5/c1-39-25-15-34(26(36)14-20(25)19-12-17(29)7-10-24(19)40-28(30)31)23(11-16-5-3-2-4-6-16)27-32-21-9-8-18(35(37)38)13-22(21)33-27/h2-10,12-15,23,28H,11H2,1H3,(H,32,33). The minimum atomic E-state index is -3.09. The maximum absolute atomic E-state index is 13.6. The number of imidazole rings is 1. The van der Waals surface area contributed by atoms with Crippen LogP contribution in [0.3, 0.4) is 0 Å². The van der Waals surface area contributed by atoms with Gasteiger partial charge in [0.25, 0.3) is 11.2 Å². The number of nitrogens with one attached hydrogen (secondary N) is 1. The number of halogens is 3. The van der Waals surface area contributed by atoms with Crippen LogP contribution in [0.25, 0.3) is 22.2 Å². The van der Waals surface area contributed by atoms with Crippen LogP contribution in [-0.4, -0.2) is 33.2 Å². The molecule has 0 aliphatic carbocycles. The van der Waals surface area contributed by atoms with Crippen molar-refractivity contribution in [2.24, 2.45) is 0 Å². The van der Waals surface area contributed by atoms with E-state index in [0.717, 1.165) is 5.56 Å². The number of nitro groups is 1. The number of nitro benzene ring substituents is 1. The van der Waals surface area contributed by atoms with E-state index >= 15 is 0 Å². The van der Waals surface area contributed by atoms with Gasteiger partial charge in [0.15, 0.2) is 0 Å². The van der Waals surface area contributed by atoms with Crippen molar-refractivity contribution in [2.45, 2.75) is 19.1 Å². The molecule has 204 valence electrons. The van der Waals surface area contributed by atoms with Gasteiger partial charge in [0.2, 0.25) is 0 Å². The summed E-state index contributed by atoms with van der Waals surface area (Å²) in [4.78, 5) is 32.1. The fourth-order valence-electron chi connectivity index (χ4n) is 4.51. The first kappa shape index (κ1) is 26.8. The summed E-state index contributed by atoms with van der Waals surface area (Å²) in [7, 11) is 1.39. The maximum Gasteiger partial charge on any atom is 0.387 e. The lowest BCUT2D eigenvalue weighted by Crippen LogP contribution is -2.27. The van der Waals surface area contributed by atoms with Gasteiger partial charge in [0, 0.05) is 40.8 Å². The predicted octanol–water partition coefficient (Wildman–Crippen LogP) is 6.40. The number of hydrogen-bond donors (Lipinski definition) is 1. The molecular formula is C28H21ClF2N4O5. The molecule has 0 saturated heterocycles. The molecule has 0 spiro atoms. The summed E-state index contributed by atoms with van der Waals surface area (Å²) in [6, 6.07) is 18.3. The highest BCUT2D eigenvalue weighted by atomic mass is 35.5. The molecule has 0 aliphatic rings. The molecule has 2 heterocycles. The third-order valence-electron chi connectivity index (χ3n) is 6.33. The molecule has 0 saturated carbocycles. The third-order valence-corrected chi connectivity index (χ3v) is 6.56. The van der Waals surface area contributed by atoms with E-state index < -0.39 is 23.1 Å². The van der Waals surface area contributed by atoms with Crippen LogP contribution in [0.5, 0.6) is 11.5 Å². The molecule has 0 aliphatic heterocycles. The van der Waals surface area contributed by atoms with Crippen molar-refractivity contribution >= 4 is 28.3 Å². The van der Waals surface area contributed by atoms with E-state index in [1.54, 1.807) is 0 Å². The Labute approximate surface area is 230 Å². The monoisotopic (exact) mass is 566 g/mol. The topological polar surface area (TPSA) is 112 Å². The third kappa shape index (κ3) is 5.50. The number of methoxy groups -OCH3 is 1. The van der Waals surface area contributed by atoms with Gasteiger partial charge in [-0.25, -0.2) is 4.98 Å². The molecule has 40 heavy (non-hydrogen) atoms. The molecule has 9 nitrogen and oxygen atoms in total. The van der Waals surface area contributed by atoms with Crippen LogP contribution in [0, 0.1) is 10.1 Å². The molecule has 0 amide bonds. The first-order valence-electron chi connectivity index (χ1n) is 12.0. The molecule has 2 aromatic heterocycles. The zero-order valence-electron chi connectivity index (χ0n) is 20.9. The number of hydrogen-bond acceptors (Lipinski definition) is 6. The zero-order valence-corrected chi connectivity index (χ0v) is 21.6. The number of ether oxygens (including phenoxy) is 2. The van der Waals surface area contributed by atoms with Gasteiger partial charge in [-0.3, -0.25) is 14.9 Å². The van der Waals surface area contributed by atoms with Crippen molar-refractivity contribution in [3.05, 3.63) is 116 Å². The summed E-state index contributed by atoms with van der Waals surface area (Å²) < 4.78 is 37.9. The average Bonchev–Trinajstić information content (AvgIpc) is 3.36. The Morgan fingerprint density at radius 1 is 1.05 bits per heavy atom. The Bertz CT molecular complexity index is 1760. The van der Waals surface area contributed by atoms with E-state index in [1.165, 1.54) is 60.3 Å². The summed E-state index contributed by atoms with van der Waals surface area (Å²) in [6.07, 6.45) is 1.80. The van der Waals surface area contributed by atoms with Crippen molar-refractivity contribution in [1.82, 2.24) is 14.5 Å². The number of aromatic nitrogens is 3. The SMILES string of the molecule is COc1cn(C(Cc2ccccc2)c2nc3ccc([N+](=O)[O-])cc3[nH]2)c(=O)cc1-c1cc(Cl)ccc1OC(F)F. The van der Waals surface area contributed by atoms with E-state index in [-0.39, 0.29) is 33.3 Å². The van der Waals surface area contributed by atoms with E-state index in [2.05, 4.69) is 14.7 Å². The fraction of sp³-hybridized carbons (Fsp3) is 0.143. The highest BCUT2D eigenvalue weighted by Crippen LogP contribution is 2.38. The van der Waals surface area contributed by atoms with E-state index in [4.69, 9.17) is 16.3 Å². The van der Waals surface area contributed by atoms with Crippen LogP contribution in [-0.2, 0) is 6.42 Å². The van der Waals surface area contributed by atoms with Crippen LogP contribution in [0.2, 0.25) is 5.02 Å². The molecule has 3 aromatic carbocycles. The lowest BCUT2D eigenvalue weighted by molar-refractivity contribution is -0.384. The normalized spacial score (nSPS) is 12.0. The number of nitrogens with zero attached hydrogens (tertiary/aromatic N) is 3. The predicted molar refractivity (Wildman–Crippen MR) is 145 cm³/mol. The quantitative estimate of drug-likeness (QED) is 0.163. The van der Waals surface area contributed by atoms with Gasteiger partial charge in [-0.15, -0.1) is 0 Å². The van der Waals surface area contributed by atoms with Crippen LogP contribution < -0.4 is 15.0 Å². The Hall–Kier alpha value is -4.77. The minimum absolute atomic E-state index is 0.103. The van der Waals surface area contributed by atoms with Crippen LogP contribution in [0.1, 0.15) is 17.4 Å². The number of alkyl halides is 2. The van der Waals surface area contributed by atoms with Gasteiger partial charge in [-0.1, -0.05) is 41.9 Å². The highest BCUT2D eigenvalue weighted by Gasteiger charge is 2.24. The lowest BCUT2D eigenvalue weighted by Gasteiger charge is -2.21. The summed E-state index contributed by atoms with van der Waals surface area (Å²) in [5, 5.41) is 11.5. The van der Waals surface area contributed by atoms with Gasteiger partial charge in [-0.05, 0) is 29.8 Å². The summed E-state index contributed by atoms with van der Waals surface area (Å²) in [6.45, 7) is -3.09. The molecule has 1 atom stereocenters. The van der Waals surface area contributed by atoms with Crippen molar-refractivity contribution < 1.29 is 23.2 Å². The second-order valence-electron chi connectivity index (χ2n) is 8.81. The van der Waals surface area contributed by atoms with Gasteiger partial charge in [0.1, 0.15) is 17.3 Å². The molecule has 1 unspecified atom stereocenters. The molecule has 0 radical (unpaired) electrons. The average molecular weight is 567 g/mol. The number of fused-ring (bicyclic) bond motifs is 1. The van der Waals surface area contributed by atoms with Crippen LogP contribution >= 0.6 is 11.6 Å². The molecule has 0 bridgehead atoms. The van der Waals surface area contributed by atoms with E-state index in [9.17, 15) is 23.7 Å². The summed E-state index contributed by atoms with van der Waals surface area (Å²) in [5.74, 6) is 0.418. The molecule has 5 aromatic rings. The number of benzene rings is 3. The van der Waals surface area contributed by atoms with Crippen LogP contribution in [0.4, 0.5) is 14.5 Å². The number of pyridine rings is 1. The van der Waals surface area contributed by atoms with Crippen molar-refractivity contribution in [2.75, 3.05) is 7.11 Å². The molecule has 5 rings (SSSR count). The number of aromatic amines is 1. The van der Waals surface area contributed by atoms with Gasteiger partial charge in [-0.2, -0.15) is 8.78 Å². The molecule has 12 heteroatoms. The van der Waals surface area contributed by atoms with E-state index in [0.29, 0.717) is 23.3 Å². The van der Waals surface area contributed by atoms with Gasteiger partial charge < -0.3 is 19.0 Å². The van der Waals surface area contributed by atoms with Gasteiger partial charge in [0.05, 0.1) is 35.3 Å². The zero-order chi connectivity index (χ0) is 28.4. The molecule has 1 N–H and O–H groups in total. The van der Waals surface area contributed by atoms with Crippen molar-refractivity contribution in [3.8, 4) is 22.6 Å².